The summed E-state index contributed by atoms with van der Waals surface area (Å²) in [5.41, 5.74) is 1.22. The summed E-state index contributed by atoms with van der Waals surface area (Å²) in [6.45, 7) is 1.91. The highest BCUT2D eigenvalue weighted by molar-refractivity contribution is 7.93. The molecule has 2 aromatic rings. The van der Waals surface area contributed by atoms with Gasteiger partial charge in [0.2, 0.25) is 10.0 Å². The van der Waals surface area contributed by atoms with Crippen molar-refractivity contribution in [1.82, 2.24) is 5.32 Å². The Morgan fingerprint density at radius 3 is 2.70 bits per heavy atom. The van der Waals surface area contributed by atoms with Crippen LogP contribution in [-0.4, -0.2) is 39.9 Å². The van der Waals surface area contributed by atoms with Gasteiger partial charge in [-0.05, 0) is 49.2 Å². The third kappa shape index (κ3) is 5.48. The SMILES string of the molecule is O=C(NCCCOCc1ccco1)Nc1ccc(N2CCCS2(=O)=O)cc1. The van der Waals surface area contributed by atoms with Crippen molar-refractivity contribution in [2.75, 3.05) is 35.1 Å². The molecule has 2 heterocycles. The number of sulfonamides is 1. The first-order valence-electron chi connectivity index (χ1n) is 8.80. The molecule has 8 nitrogen and oxygen atoms in total. The molecule has 0 radical (unpaired) electrons. The number of ether oxygens (including phenoxy) is 1. The fraction of sp³-hybridized carbons (Fsp3) is 0.389. The van der Waals surface area contributed by atoms with Gasteiger partial charge in [-0.15, -0.1) is 0 Å². The molecule has 1 aromatic carbocycles. The Bertz CT molecular complexity index is 834. The number of hydrogen-bond donors (Lipinski definition) is 2. The van der Waals surface area contributed by atoms with Gasteiger partial charge in [0.15, 0.2) is 0 Å². The van der Waals surface area contributed by atoms with Crippen LogP contribution in [0.2, 0.25) is 0 Å². The second-order valence-electron chi connectivity index (χ2n) is 6.15. The van der Waals surface area contributed by atoms with Gasteiger partial charge in [-0.25, -0.2) is 13.2 Å². The Morgan fingerprint density at radius 1 is 1.22 bits per heavy atom. The maximum Gasteiger partial charge on any atom is 0.319 e. The molecular formula is C18H23N3O5S. The van der Waals surface area contributed by atoms with E-state index in [1.165, 1.54) is 4.31 Å². The fourth-order valence-corrected chi connectivity index (χ4v) is 4.32. The lowest BCUT2D eigenvalue weighted by Gasteiger charge is -2.17. The van der Waals surface area contributed by atoms with Crippen LogP contribution in [0.5, 0.6) is 0 Å². The zero-order valence-corrected chi connectivity index (χ0v) is 15.7. The number of furan rings is 1. The highest BCUT2D eigenvalue weighted by Gasteiger charge is 2.28. The van der Waals surface area contributed by atoms with E-state index < -0.39 is 10.0 Å². The molecule has 1 aromatic heterocycles. The summed E-state index contributed by atoms with van der Waals surface area (Å²) in [7, 11) is -3.19. The van der Waals surface area contributed by atoms with Crippen LogP contribution in [0.3, 0.4) is 0 Å². The predicted octanol–water partition coefficient (Wildman–Crippen LogP) is 2.55. The Kier molecular flexibility index (Phi) is 6.36. The maximum absolute atomic E-state index is 11.9. The van der Waals surface area contributed by atoms with Crippen LogP contribution in [-0.2, 0) is 21.4 Å². The molecule has 0 saturated carbocycles. The number of benzene rings is 1. The fourth-order valence-electron chi connectivity index (χ4n) is 2.76. The van der Waals surface area contributed by atoms with Crippen LogP contribution in [0.15, 0.2) is 47.1 Å². The van der Waals surface area contributed by atoms with E-state index >= 15 is 0 Å². The van der Waals surface area contributed by atoms with Gasteiger partial charge >= 0.3 is 6.03 Å². The number of nitrogens with zero attached hydrogens (tertiary/aromatic N) is 1. The molecule has 1 fully saturated rings. The van der Waals surface area contributed by atoms with E-state index in [1.807, 2.05) is 6.07 Å². The average Bonchev–Trinajstić information content (AvgIpc) is 3.28. The molecule has 1 aliphatic heterocycles. The number of anilines is 2. The van der Waals surface area contributed by atoms with Crippen LogP contribution >= 0.6 is 0 Å². The first kappa shape index (κ1) is 19.2. The molecule has 2 N–H and O–H groups in total. The molecule has 0 spiro atoms. The van der Waals surface area contributed by atoms with Crippen molar-refractivity contribution in [2.45, 2.75) is 19.4 Å². The predicted molar refractivity (Wildman–Crippen MR) is 102 cm³/mol. The molecule has 0 unspecified atom stereocenters. The third-order valence-corrected chi connectivity index (χ3v) is 5.96. The Balaban J connectivity index is 1.35. The van der Waals surface area contributed by atoms with E-state index in [2.05, 4.69) is 10.6 Å². The van der Waals surface area contributed by atoms with Crippen LogP contribution in [0.4, 0.5) is 16.2 Å². The minimum atomic E-state index is -3.19. The Hall–Kier alpha value is -2.52. The van der Waals surface area contributed by atoms with Gasteiger partial charge in [0.25, 0.3) is 0 Å². The summed E-state index contributed by atoms with van der Waals surface area (Å²) >= 11 is 0. The molecule has 0 aliphatic carbocycles. The summed E-state index contributed by atoms with van der Waals surface area (Å²) < 4.78 is 35.8. The lowest BCUT2D eigenvalue weighted by molar-refractivity contribution is 0.104. The third-order valence-electron chi connectivity index (χ3n) is 4.09. The van der Waals surface area contributed by atoms with Crippen molar-refractivity contribution >= 4 is 27.4 Å². The molecule has 0 atom stereocenters. The van der Waals surface area contributed by atoms with Crippen molar-refractivity contribution in [3.05, 3.63) is 48.4 Å². The molecule has 2 amide bonds. The van der Waals surface area contributed by atoms with E-state index in [-0.39, 0.29) is 11.8 Å². The van der Waals surface area contributed by atoms with Crippen molar-refractivity contribution in [1.29, 1.82) is 0 Å². The first-order chi connectivity index (χ1) is 13.0. The number of rotatable bonds is 8. The standard InChI is InChI=1S/C18H23N3O5S/c22-18(19-9-2-11-25-14-17-4-1-12-26-17)20-15-5-7-16(8-6-15)21-10-3-13-27(21,23)24/h1,4-8,12H,2-3,9-11,13-14H2,(H2,19,20,22). The Labute approximate surface area is 158 Å². The van der Waals surface area contributed by atoms with Gasteiger partial charge in [0.05, 0.1) is 17.7 Å². The Morgan fingerprint density at radius 2 is 2.04 bits per heavy atom. The molecular weight excluding hydrogens is 370 g/mol. The van der Waals surface area contributed by atoms with E-state index in [1.54, 1.807) is 36.6 Å². The monoisotopic (exact) mass is 393 g/mol. The number of carbonyl (C=O) groups excluding carboxylic acids is 1. The average molecular weight is 393 g/mol. The number of hydrogen-bond acceptors (Lipinski definition) is 5. The molecule has 1 saturated heterocycles. The lowest BCUT2D eigenvalue weighted by atomic mass is 10.2. The first-order valence-corrected chi connectivity index (χ1v) is 10.4. The van der Waals surface area contributed by atoms with Gasteiger partial charge in [-0.3, -0.25) is 4.31 Å². The lowest BCUT2D eigenvalue weighted by Crippen LogP contribution is -2.30. The van der Waals surface area contributed by atoms with Crippen LogP contribution in [0.25, 0.3) is 0 Å². The molecule has 27 heavy (non-hydrogen) atoms. The molecule has 146 valence electrons. The van der Waals surface area contributed by atoms with Gasteiger partial charge in [-0.2, -0.15) is 0 Å². The van der Waals surface area contributed by atoms with E-state index in [0.717, 1.165) is 5.76 Å². The number of urea groups is 1. The maximum atomic E-state index is 11.9. The highest BCUT2D eigenvalue weighted by Crippen LogP contribution is 2.25. The number of amides is 2. The molecule has 9 heteroatoms. The van der Waals surface area contributed by atoms with Gasteiger partial charge in [-0.1, -0.05) is 0 Å². The van der Waals surface area contributed by atoms with Crippen LogP contribution in [0, 0.1) is 0 Å². The van der Waals surface area contributed by atoms with Crippen LogP contribution in [0.1, 0.15) is 18.6 Å². The zero-order valence-electron chi connectivity index (χ0n) is 14.9. The van der Waals surface area contributed by atoms with Gasteiger partial charge < -0.3 is 19.8 Å². The number of nitrogens with one attached hydrogen (secondary N) is 2. The second kappa shape index (κ2) is 8.92. The van der Waals surface area contributed by atoms with Crippen molar-refractivity contribution in [3.8, 4) is 0 Å². The van der Waals surface area contributed by atoms with Crippen molar-refractivity contribution in [2.24, 2.45) is 0 Å². The highest BCUT2D eigenvalue weighted by atomic mass is 32.2. The van der Waals surface area contributed by atoms with Crippen LogP contribution < -0.4 is 14.9 Å². The summed E-state index contributed by atoms with van der Waals surface area (Å²) in [6, 6.07) is 10.1. The van der Waals surface area contributed by atoms with Crippen molar-refractivity contribution < 1.29 is 22.4 Å². The van der Waals surface area contributed by atoms with E-state index in [4.69, 9.17) is 9.15 Å². The van der Waals surface area contributed by atoms with Gasteiger partial charge in [0.1, 0.15) is 12.4 Å². The second-order valence-corrected chi connectivity index (χ2v) is 8.17. The zero-order chi connectivity index (χ0) is 19.1. The minimum absolute atomic E-state index is 0.181. The molecule has 3 rings (SSSR count). The van der Waals surface area contributed by atoms with Crippen molar-refractivity contribution in [3.63, 3.8) is 0 Å². The van der Waals surface area contributed by atoms with Gasteiger partial charge in [0, 0.05) is 25.4 Å². The quantitative estimate of drug-likeness (QED) is 0.671. The summed E-state index contributed by atoms with van der Waals surface area (Å²) in [4.78, 5) is 11.9. The smallest absolute Gasteiger partial charge is 0.319 e. The normalized spacial score (nSPS) is 15.6. The molecule has 1 aliphatic rings. The summed E-state index contributed by atoms with van der Waals surface area (Å²) in [5, 5.41) is 5.47. The molecule has 0 bridgehead atoms. The largest absolute Gasteiger partial charge is 0.467 e. The topological polar surface area (TPSA) is 101 Å². The minimum Gasteiger partial charge on any atom is -0.467 e. The summed E-state index contributed by atoms with van der Waals surface area (Å²) in [6.07, 6.45) is 2.91. The summed E-state index contributed by atoms with van der Waals surface area (Å²) in [5.74, 6) is 0.951. The van der Waals surface area contributed by atoms with E-state index in [9.17, 15) is 13.2 Å². The number of carbonyl (C=O) groups is 1. The van der Waals surface area contributed by atoms with E-state index in [0.29, 0.717) is 50.5 Å².